The summed E-state index contributed by atoms with van der Waals surface area (Å²) in [4.78, 5) is 0. The van der Waals surface area contributed by atoms with E-state index in [1.807, 2.05) is 0 Å². The molecule has 0 fully saturated rings. The van der Waals surface area contributed by atoms with Gasteiger partial charge in [-0.3, -0.25) is 0 Å². The number of hydrogen-bond donors (Lipinski definition) is 0. The summed E-state index contributed by atoms with van der Waals surface area (Å²) in [6, 6.07) is 0. The van der Waals surface area contributed by atoms with Crippen LogP contribution in [0.15, 0.2) is 12.7 Å². The SMILES string of the molecule is C=CC[P+](CCCC)(CCCC)CCCCCCCCCCCCCCCCCC. The van der Waals surface area contributed by atoms with Gasteiger partial charge in [0.05, 0.1) is 24.6 Å². The van der Waals surface area contributed by atoms with E-state index in [0.717, 1.165) is 0 Å². The van der Waals surface area contributed by atoms with Crippen LogP contribution in [0.25, 0.3) is 0 Å². The van der Waals surface area contributed by atoms with Crippen LogP contribution in [0.3, 0.4) is 0 Å². The maximum atomic E-state index is 4.11. The largest absolute Gasteiger partial charge is 0.0995 e. The van der Waals surface area contributed by atoms with Crippen LogP contribution in [-0.4, -0.2) is 24.6 Å². The second-order valence-electron chi connectivity index (χ2n) is 9.99. The molecule has 0 bridgehead atoms. The van der Waals surface area contributed by atoms with E-state index in [1.54, 1.807) is 6.16 Å². The molecular weight excluding hydrogens is 379 g/mol. The summed E-state index contributed by atoms with van der Waals surface area (Å²) in [5.41, 5.74) is 0. The molecule has 0 aromatic rings. The summed E-state index contributed by atoms with van der Waals surface area (Å²) in [6.45, 7) is 11.1. The highest BCUT2D eigenvalue weighted by atomic mass is 31.2. The summed E-state index contributed by atoms with van der Waals surface area (Å²) in [7, 11) is -0.735. The third kappa shape index (κ3) is 18.9. The molecule has 1 heteroatoms. The zero-order valence-electron chi connectivity index (χ0n) is 21.7. The molecule has 0 aliphatic rings. The van der Waals surface area contributed by atoms with E-state index in [-0.39, 0.29) is 0 Å². The van der Waals surface area contributed by atoms with Gasteiger partial charge in [0.2, 0.25) is 0 Å². The lowest BCUT2D eigenvalue weighted by Gasteiger charge is -2.27. The van der Waals surface area contributed by atoms with Gasteiger partial charge in [0.15, 0.2) is 0 Å². The van der Waals surface area contributed by atoms with Crippen molar-refractivity contribution in [1.29, 1.82) is 0 Å². The Labute approximate surface area is 193 Å². The van der Waals surface area contributed by atoms with Gasteiger partial charge in [-0.25, -0.2) is 0 Å². The van der Waals surface area contributed by atoms with Crippen molar-refractivity contribution in [3.8, 4) is 0 Å². The van der Waals surface area contributed by atoms with Crippen molar-refractivity contribution >= 4 is 7.26 Å². The quantitative estimate of drug-likeness (QED) is 0.0753. The second-order valence-corrected chi connectivity index (χ2v) is 14.4. The Bertz CT molecular complexity index is 327. The third-order valence-corrected chi connectivity index (χ3v) is 11.8. The van der Waals surface area contributed by atoms with Crippen LogP contribution in [0.5, 0.6) is 0 Å². The maximum absolute atomic E-state index is 4.11. The van der Waals surface area contributed by atoms with Crippen LogP contribution in [0.1, 0.15) is 149 Å². The zero-order chi connectivity index (χ0) is 22.2. The van der Waals surface area contributed by atoms with Crippen LogP contribution in [0, 0.1) is 0 Å². The highest BCUT2D eigenvalue weighted by molar-refractivity contribution is 7.76. The molecule has 0 aromatic carbocycles. The molecule has 0 rings (SSSR count). The van der Waals surface area contributed by atoms with Crippen LogP contribution in [-0.2, 0) is 0 Å². The average Bonchev–Trinajstić information content (AvgIpc) is 2.76. The van der Waals surface area contributed by atoms with E-state index in [4.69, 9.17) is 0 Å². The lowest BCUT2D eigenvalue weighted by atomic mass is 10.0. The van der Waals surface area contributed by atoms with Gasteiger partial charge < -0.3 is 0 Å². The Morgan fingerprint density at radius 1 is 0.433 bits per heavy atom. The molecule has 0 saturated heterocycles. The molecule has 0 unspecified atom stereocenters. The predicted octanol–water partition coefficient (Wildman–Crippen LogP) is 11.1. The highest BCUT2D eigenvalue weighted by Gasteiger charge is 2.33. The van der Waals surface area contributed by atoms with Gasteiger partial charge in [0.25, 0.3) is 0 Å². The molecule has 0 radical (unpaired) electrons. The van der Waals surface area contributed by atoms with E-state index >= 15 is 0 Å². The smallest absolute Gasteiger partial charge is 0.0771 e. The first kappa shape index (κ1) is 30.2. The zero-order valence-corrected chi connectivity index (χ0v) is 22.6. The maximum Gasteiger partial charge on any atom is 0.0771 e. The molecule has 0 aliphatic carbocycles. The van der Waals surface area contributed by atoms with Crippen molar-refractivity contribution in [3.05, 3.63) is 12.7 Å². The Morgan fingerprint density at radius 2 is 0.733 bits per heavy atom. The highest BCUT2D eigenvalue weighted by Crippen LogP contribution is 2.60. The van der Waals surface area contributed by atoms with Crippen molar-refractivity contribution < 1.29 is 0 Å². The van der Waals surface area contributed by atoms with Crippen molar-refractivity contribution in [3.63, 3.8) is 0 Å². The summed E-state index contributed by atoms with van der Waals surface area (Å²) < 4.78 is 0. The normalized spacial score (nSPS) is 11.8. The molecule has 0 aliphatic heterocycles. The second kappa shape index (κ2) is 23.8. The van der Waals surface area contributed by atoms with Gasteiger partial charge in [0, 0.05) is 7.26 Å². The Kier molecular flexibility index (Phi) is 24.0. The van der Waals surface area contributed by atoms with Gasteiger partial charge in [-0.2, -0.15) is 0 Å². The minimum atomic E-state index is -0.735. The molecule has 0 nitrogen and oxygen atoms in total. The molecule has 0 spiro atoms. The van der Waals surface area contributed by atoms with Crippen LogP contribution < -0.4 is 0 Å². The van der Waals surface area contributed by atoms with Crippen molar-refractivity contribution in [2.24, 2.45) is 0 Å². The van der Waals surface area contributed by atoms with Crippen molar-refractivity contribution in [1.82, 2.24) is 0 Å². The molecule has 0 N–H and O–H groups in total. The average molecular weight is 440 g/mol. The third-order valence-electron chi connectivity index (χ3n) is 6.97. The summed E-state index contributed by atoms with van der Waals surface area (Å²) in [5.74, 6) is 0. The van der Waals surface area contributed by atoms with E-state index in [2.05, 4.69) is 33.4 Å². The van der Waals surface area contributed by atoms with E-state index < -0.39 is 7.26 Å². The predicted molar refractivity (Wildman–Crippen MR) is 146 cm³/mol. The first-order valence-electron chi connectivity index (χ1n) is 14.2. The van der Waals surface area contributed by atoms with Crippen LogP contribution >= 0.6 is 7.26 Å². The molecule has 180 valence electrons. The lowest BCUT2D eigenvalue weighted by Crippen LogP contribution is -2.11. The van der Waals surface area contributed by atoms with E-state index in [0.29, 0.717) is 0 Å². The van der Waals surface area contributed by atoms with Gasteiger partial charge in [0.1, 0.15) is 0 Å². The summed E-state index contributed by atoms with van der Waals surface area (Å²) in [5, 5.41) is 0. The Morgan fingerprint density at radius 3 is 1.07 bits per heavy atom. The van der Waals surface area contributed by atoms with Crippen molar-refractivity contribution in [2.75, 3.05) is 24.6 Å². The molecule has 30 heavy (non-hydrogen) atoms. The number of allylic oxidation sites excluding steroid dienone is 1. The number of rotatable bonds is 25. The monoisotopic (exact) mass is 439 g/mol. The Balaban J connectivity index is 3.63. The standard InChI is InChI=1S/C29H60P/c1-5-9-12-13-14-15-16-17-18-19-20-21-22-23-24-25-29-30(26-8-4,27-10-6-2)28-11-7-3/h8H,4-7,9-29H2,1-3H3/q+1. The molecule has 0 saturated carbocycles. The van der Waals surface area contributed by atoms with Crippen molar-refractivity contribution in [2.45, 2.75) is 149 Å². The molecule has 0 heterocycles. The Hall–Kier alpha value is 0.170. The van der Waals surface area contributed by atoms with E-state index in [1.165, 1.54) is 147 Å². The van der Waals surface area contributed by atoms with Gasteiger partial charge in [-0.05, 0) is 25.7 Å². The van der Waals surface area contributed by atoms with E-state index in [9.17, 15) is 0 Å². The minimum absolute atomic E-state index is 0.735. The summed E-state index contributed by atoms with van der Waals surface area (Å²) >= 11 is 0. The molecular formula is C29H60P+. The van der Waals surface area contributed by atoms with Crippen LogP contribution in [0.2, 0.25) is 0 Å². The lowest BCUT2D eigenvalue weighted by molar-refractivity contribution is 0.531. The first-order chi connectivity index (χ1) is 14.7. The molecule has 0 atom stereocenters. The van der Waals surface area contributed by atoms with Gasteiger partial charge in [-0.1, -0.05) is 136 Å². The van der Waals surface area contributed by atoms with Gasteiger partial charge in [-0.15, -0.1) is 0 Å². The fourth-order valence-corrected chi connectivity index (χ4v) is 9.50. The fraction of sp³-hybridized carbons (Fsp3) is 0.931. The topological polar surface area (TPSA) is 0 Å². The molecule has 0 aromatic heterocycles. The fourth-order valence-electron chi connectivity index (χ4n) is 4.87. The van der Waals surface area contributed by atoms with Gasteiger partial charge >= 0.3 is 0 Å². The van der Waals surface area contributed by atoms with Crippen LogP contribution in [0.4, 0.5) is 0 Å². The summed E-state index contributed by atoms with van der Waals surface area (Å²) in [6.07, 6.45) is 37.4. The number of hydrogen-bond acceptors (Lipinski definition) is 0. The molecule has 0 amide bonds. The number of unbranched alkanes of at least 4 members (excludes halogenated alkanes) is 17. The minimum Gasteiger partial charge on any atom is -0.0995 e. The first-order valence-corrected chi connectivity index (χ1v) is 16.7.